The van der Waals surface area contributed by atoms with Crippen LogP contribution in [-0.2, 0) is 9.53 Å². The number of methoxy groups -OCH3 is 1. The number of nitrogens with zero attached hydrogens (tertiary/aromatic N) is 1. The quantitative estimate of drug-likeness (QED) is 0.277. The Morgan fingerprint density at radius 2 is 2.18 bits per heavy atom. The second-order valence-corrected chi connectivity index (χ2v) is 1.84. The summed E-state index contributed by atoms with van der Waals surface area (Å²) < 4.78 is 4.38. The van der Waals surface area contributed by atoms with Gasteiger partial charge in [0.1, 0.15) is 5.57 Å². The molecule has 0 aliphatic heterocycles. The zero-order valence-corrected chi connectivity index (χ0v) is 6.79. The van der Waals surface area contributed by atoms with Gasteiger partial charge in [-0.1, -0.05) is 0 Å². The molecule has 0 bridgehead atoms. The summed E-state index contributed by atoms with van der Waals surface area (Å²) in [6.07, 6.45) is 0.689. The van der Waals surface area contributed by atoms with Gasteiger partial charge in [0.2, 0.25) is 0 Å². The average Bonchev–Trinajstić information content (AvgIpc) is 2.05. The van der Waals surface area contributed by atoms with Gasteiger partial charge in [0, 0.05) is 12.8 Å². The van der Waals surface area contributed by atoms with Crippen LogP contribution < -0.4 is 0 Å². The van der Waals surface area contributed by atoms with E-state index in [1.54, 1.807) is 6.92 Å². The zero-order chi connectivity index (χ0) is 8.85. The highest BCUT2D eigenvalue weighted by molar-refractivity contribution is 6.18. The Morgan fingerprint density at radius 3 is 2.45 bits per heavy atom. The topological polar surface area (TPSA) is 58.9 Å². The monoisotopic (exact) mass is 157 g/mol. The van der Waals surface area contributed by atoms with E-state index in [0.29, 0.717) is 12.0 Å². The van der Waals surface area contributed by atoms with Crippen LogP contribution in [0.4, 0.5) is 0 Å². The van der Waals surface area contributed by atoms with Gasteiger partial charge in [0.25, 0.3) is 0 Å². The van der Waals surface area contributed by atoms with Crippen LogP contribution in [0.3, 0.4) is 0 Å². The van der Waals surface area contributed by atoms with Crippen molar-refractivity contribution in [1.29, 1.82) is 0 Å². The summed E-state index contributed by atoms with van der Waals surface area (Å²) in [6, 6.07) is 0. The van der Waals surface area contributed by atoms with E-state index in [0.717, 1.165) is 0 Å². The highest BCUT2D eigenvalue weighted by Crippen LogP contribution is 1.99. The smallest absolute Gasteiger partial charge is 0.342 e. The van der Waals surface area contributed by atoms with Crippen LogP contribution in [0.5, 0.6) is 0 Å². The molecule has 0 heterocycles. The lowest BCUT2D eigenvalue weighted by Gasteiger charge is -2.00. The Morgan fingerprint density at radius 1 is 1.64 bits per heavy atom. The maximum Gasteiger partial charge on any atom is 0.342 e. The number of hydrogen-bond acceptors (Lipinski definition) is 4. The fourth-order valence-electron chi connectivity index (χ4n) is 0.524. The van der Waals surface area contributed by atoms with Crippen LogP contribution in [0.1, 0.15) is 6.92 Å². The summed E-state index contributed by atoms with van der Waals surface area (Å²) in [7, 11) is 2.77. The first-order chi connectivity index (χ1) is 5.17. The molecule has 0 atom stereocenters. The predicted octanol–water partition coefficient (Wildman–Crippen LogP) is 0.692. The minimum Gasteiger partial charge on any atom is -0.515 e. The van der Waals surface area contributed by atoms with Gasteiger partial charge in [-0.2, -0.15) is 0 Å². The summed E-state index contributed by atoms with van der Waals surface area (Å²) in [5.74, 6) is -0.587. The van der Waals surface area contributed by atoms with Gasteiger partial charge in [0.15, 0.2) is 0 Å². The SMILES string of the molecule is CN=C(C)/C(=C/O)C(=O)OC. The van der Waals surface area contributed by atoms with Gasteiger partial charge < -0.3 is 9.84 Å². The van der Waals surface area contributed by atoms with E-state index < -0.39 is 5.97 Å². The normalized spacial score (nSPS) is 13.0. The molecule has 4 heteroatoms. The molecule has 11 heavy (non-hydrogen) atoms. The van der Waals surface area contributed by atoms with E-state index in [1.807, 2.05) is 0 Å². The van der Waals surface area contributed by atoms with Crippen molar-refractivity contribution < 1.29 is 14.6 Å². The fourth-order valence-corrected chi connectivity index (χ4v) is 0.524. The van der Waals surface area contributed by atoms with E-state index >= 15 is 0 Å². The highest BCUT2D eigenvalue weighted by atomic mass is 16.5. The van der Waals surface area contributed by atoms with E-state index in [1.165, 1.54) is 14.2 Å². The number of aliphatic hydroxyl groups is 1. The first-order valence-corrected chi connectivity index (χ1v) is 3.03. The number of rotatable bonds is 2. The molecule has 1 N–H and O–H groups in total. The molecular weight excluding hydrogens is 146 g/mol. The standard InChI is InChI=1S/C7H11NO3/c1-5(8-2)6(4-9)7(10)11-3/h4,9H,1-3H3/b6-4-,8-5?. The van der Waals surface area contributed by atoms with Gasteiger partial charge in [-0.25, -0.2) is 4.79 Å². The van der Waals surface area contributed by atoms with Crippen LogP contribution in [0.2, 0.25) is 0 Å². The fraction of sp³-hybridized carbons (Fsp3) is 0.429. The molecule has 0 saturated carbocycles. The summed E-state index contributed by atoms with van der Waals surface area (Å²) in [5.41, 5.74) is 0.523. The van der Waals surface area contributed by atoms with Crippen molar-refractivity contribution in [3.63, 3.8) is 0 Å². The van der Waals surface area contributed by atoms with Crippen molar-refractivity contribution in [2.45, 2.75) is 6.92 Å². The maximum atomic E-state index is 10.8. The number of carbonyl (C=O) groups is 1. The maximum absolute atomic E-state index is 10.8. The number of aliphatic imine (C=N–C) groups is 1. The lowest BCUT2D eigenvalue weighted by molar-refractivity contribution is -0.135. The summed E-state index contributed by atoms with van der Waals surface area (Å²) >= 11 is 0. The molecule has 0 aliphatic carbocycles. The number of hydrogen-bond donors (Lipinski definition) is 1. The molecule has 0 aromatic heterocycles. The third-order valence-corrected chi connectivity index (χ3v) is 1.26. The molecule has 62 valence electrons. The molecular formula is C7H11NO3. The molecule has 0 aromatic rings. The van der Waals surface area contributed by atoms with Crippen molar-refractivity contribution in [1.82, 2.24) is 0 Å². The highest BCUT2D eigenvalue weighted by Gasteiger charge is 2.11. The van der Waals surface area contributed by atoms with Crippen LogP contribution in [0.15, 0.2) is 16.8 Å². The number of aliphatic hydroxyl groups excluding tert-OH is 1. The van der Waals surface area contributed by atoms with Gasteiger partial charge >= 0.3 is 5.97 Å². The molecule has 0 spiro atoms. The number of ether oxygens (including phenoxy) is 1. The average molecular weight is 157 g/mol. The van der Waals surface area contributed by atoms with Gasteiger partial charge in [-0.05, 0) is 6.92 Å². The second-order valence-electron chi connectivity index (χ2n) is 1.84. The van der Waals surface area contributed by atoms with Crippen molar-refractivity contribution in [2.24, 2.45) is 4.99 Å². The van der Waals surface area contributed by atoms with Crippen LogP contribution in [-0.4, -0.2) is 30.9 Å². The van der Waals surface area contributed by atoms with E-state index in [4.69, 9.17) is 5.11 Å². The van der Waals surface area contributed by atoms with Crippen molar-refractivity contribution in [3.8, 4) is 0 Å². The van der Waals surface area contributed by atoms with E-state index in [-0.39, 0.29) is 5.57 Å². The van der Waals surface area contributed by atoms with E-state index in [2.05, 4.69) is 9.73 Å². The zero-order valence-electron chi connectivity index (χ0n) is 6.79. The Kier molecular flexibility index (Phi) is 3.95. The first-order valence-electron chi connectivity index (χ1n) is 3.03. The molecule has 0 rings (SSSR count). The molecule has 4 nitrogen and oxygen atoms in total. The third-order valence-electron chi connectivity index (χ3n) is 1.26. The Bertz CT molecular complexity index is 206. The molecule has 0 amide bonds. The number of esters is 1. The summed E-state index contributed by atoms with van der Waals surface area (Å²) in [4.78, 5) is 14.5. The molecule has 0 aliphatic rings. The Labute approximate surface area is 65.2 Å². The minimum atomic E-state index is -0.587. The molecule has 0 fully saturated rings. The Balaban J connectivity index is 4.57. The summed E-state index contributed by atoms with van der Waals surface area (Å²) in [6.45, 7) is 1.61. The molecule has 0 saturated heterocycles. The minimum absolute atomic E-state index is 0.0787. The summed E-state index contributed by atoms with van der Waals surface area (Å²) in [5, 5.41) is 8.59. The van der Waals surface area contributed by atoms with Gasteiger partial charge in [-0.15, -0.1) is 0 Å². The molecule has 0 aromatic carbocycles. The van der Waals surface area contributed by atoms with Crippen LogP contribution >= 0.6 is 0 Å². The van der Waals surface area contributed by atoms with Gasteiger partial charge in [-0.3, -0.25) is 4.99 Å². The predicted molar refractivity (Wildman–Crippen MR) is 41.8 cm³/mol. The number of carbonyl (C=O) groups excluding carboxylic acids is 1. The van der Waals surface area contributed by atoms with Crippen molar-refractivity contribution >= 4 is 11.7 Å². The molecule has 0 radical (unpaired) electrons. The van der Waals surface area contributed by atoms with Crippen molar-refractivity contribution in [2.75, 3.05) is 14.2 Å². The Hall–Kier alpha value is -1.32. The van der Waals surface area contributed by atoms with Crippen LogP contribution in [0.25, 0.3) is 0 Å². The van der Waals surface area contributed by atoms with Gasteiger partial charge in [0.05, 0.1) is 13.4 Å². The lowest BCUT2D eigenvalue weighted by atomic mass is 10.2. The van der Waals surface area contributed by atoms with E-state index in [9.17, 15) is 4.79 Å². The van der Waals surface area contributed by atoms with Crippen molar-refractivity contribution in [3.05, 3.63) is 11.8 Å². The molecule has 0 unspecified atom stereocenters. The van der Waals surface area contributed by atoms with Crippen LogP contribution in [0, 0.1) is 0 Å². The largest absolute Gasteiger partial charge is 0.515 e. The first kappa shape index (κ1) is 9.68. The third kappa shape index (κ3) is 2.41. The second kappa shape index (κ2) is 4.49. The lowest BCUT2D eigenvalue weighted by Crippen LogP contribution is -2.11.